The highest BCUT2D eigenvalue weighted by atomic mass is 16.1. The summed E-state index contributed by atoms with van der Waals surface area (Å²) in [5.41, 5.74) is 0.0440. The number of carbonyl (C=O) groups is 1. The van der Waals surface area contributed by atoms with Crippen molar-refractivity contribution in [1.29, 1.82) is 0 Å². The molecule has 2 aliphatic heterocycles. The molecule has 13 heavy (non-hydrogen) atoms. The smallest absolute Gasteiger partial charge is 0.220 e. The number of nitrogens with zero attached hydrogens (tertiary/aromatic N) is 1. The first-order chi connectivity index (χ1) is 6.10. The van der Waals surface area contributed by atoms with Crippen LogP contribution in [0, 0.1) is 5.92 Å². The van der Waals surface area contributed by atoms with Gasteiger partial charge in [-0.15, -0.1) is 0 Å². The highest BCUT2D eigenvalue weighted by Gasteiger charge is 2.42. The van der Waals surface area contributed by atoms with Crippen LogP contribution in [0.3, 0.4) is 0 Å². The summed E-state index contributed by atoms with van der Waals surface area (Å²) in [6.45, 7) is 4.37. The molecule has 0 saturated carbocycles. The van der Waals surface area contributed by atoms with E-state index in [0.717, 1.165) is 19.4 Å². The first-order valence-corrected chi connectivity index (χ1v) is 5.10. The molecule has 3 nitrogen and oxygen atoms in total. The van der Waals surface area contributed by atoms with Gasteiger partial charge in [0, 0.05) is 13.0 Å². The molecule has 2 heterocycles. The molecule has 2 unspecified atom stereocenters. The summed E-state index contributed by atoms with van der Waals surface area (Å²) in [4.78, 5) is 13.6. The van der Waals surface area contributed by atoms with E-state index in [-0.39, 0.29) is 11.4 Å². The average Bonchev–Trinajstić information content (AvgIpc) is 2.01. The molecule has 0 radical (unpaired) electrons. The Labute approximate surface area is 79.5 Å². The average molecular weight is 182 g/mol. The monoisotopic (exact) mass is 182 g/mol. The summed E-state index contributed by atoms with van der Waals surface area (Å²) in [5, 5.41) is 3.14. The van der Waals surface area contributed by atoms with Crippen LogP contribution in [-0.4, -0.2) is 36.5 Å². The summed E-state index contributed by atoms with van der Waals surface area (Å²) in [6.07, 6.45) is 3.04. The van der Waals surface area contributed by atoms with E-state index in [1.807, 2.05) is 0 Å². The van der Waals surface area contributed by atoms with E-state index < -0.39 is 0 Å². The predicted molar refractivity (Wildman–Crippen MR) is 51.4 cm³/mol. The maximum atomic E-state index is 11.3. The van der Waals surface area contributed by atoms with Crippen molar-refractivity contribution in [3.8, 4) is 0 Å². The first-order valence-electron chi connectivity index (χ1n) is 5.10. The van der Waals surface area contributed by atoms with E-state index in [0.29, 0.717) is 5.92 Å². The SMILES string of the molecule is CN1CCC2CCC(=O)NC2(C)C1. The Kier molecular flexibility index (Phi) is 2.06. The van der Waals surface area contributed by atoms with Crippen LogP contribution >= 0.6 is 0 Å². The van der Waals surface area contributed by atoms with Crippen LogP contribution in [0.2, 0.25) is 0 Å². The molecule has 0 aromatic heterocycles. The van der Waals surface area contributed by atoms with E-state index in [1.54, 1.807) is 0 Å². The summed E-state index contributed by atoms with van der Waals surface area (Å²) in [5.74, 6) is 0.926. The highest BCUT2D eigenvalue weighted by molar-refractivity contribution is 5.77. The van der Waals surface area contributed by atoms with Gasteiger partial charge in [0.1, 0.15) is 0 Å². The molecule has 0 aromatic carbocycles. The fourth-order valence-corrected chi connectivity index (χ4v) is 2.75. The van der Waals surface area contributed by atoms with Gasteiger partial charge in [-0.25, -0.2) is 0 Å². The van der Waals surface area contributed by atoms with Gasteiger partial charge in [-0.2, -0.15) is 0 Å². The van der Waals surface area contributed by atoms with Crippen molar-refractivity contribution in [2.45, 2.75) is 31.7 Å². The second kappa shape index (κ2) is 2.98. The number of amides is 1. The van der Waals surface area contributed by atoms with Gasteiger partial charge in [0.15, 0.2) is 0 Å². The molecule has 1 N–H and O–H groups in total. The Morgan fingerprint density at radius 3 is 3.08 bits per heavy atom. The zero-order chi connectivity index (χ0) is 9.47. The predicted octanol–water partition coefficient (Wildman–Crippen LogP) is 0.607. The van der Waals surface area contributed by atoms with Gasteiger partial charge in [-0.3, -0.25) is 4.79 Å². The van der Waals surface area contributed by atoms with E-state index >= 15 is 0 Å². The van der Waals surface area contributed by atoms with Gasteiger partial charge in [-0.05, 0) is 39.3 Å². The van der Waals surface area contributed by atoms with Gasteiger partial charge in [0.05, 0.1) is 5.54 Å². The molecule has 0 bridgehead atoms. The number of hydrogen-bond acceptors (Lipinski definition) is 2. The number of nitrogens with one attached hydrogen (secondary N) is 1. The summed E-state index contributed by atoms with van der Waals surface area (Å²) in [6, 6.07) is 0. The van der Waals surface area contributed by atoms with Gasteiger partial charge >= 0.3 is 0 Å². The van der Waals surface area contributed by atoms with Crippen LogP contribution in [-0.2, 0) is 4.79 Å². The number of fused-ring (bicyclic) bond motifs is 1. The molecule has 2 fully saturated rings. The third kappa shape index (κ3) is 1.57. The van der Waals surface area contributed by atoms with Crippen LogP contribution in [0.5, 0.6) is 0 Å². The number of likely N-dealkylation sites (N-methyl/N-ethyl adjacent to an activating group) is 1. The number of rotatable bonds is 0. The summed E-state index contributed by atoms with van der Waals surface area (Å²) < 4.78 is 0. The number of likely N-dealkylation sites (tertiary alicyclic amines) is 1. The molecule has 0 spiro atoms. The second-order valence-corrected chi connectivity index (χ2v) is 4.73. The Morgan fingerprint density at radius 1 is 1.54 bits per heavy atom. The van der Waals surface area contributed by atoms with Crippen LogP contribution < -0.4 is 5.32 Å². The van der Waals surface area contributed by atoms with Crippen molar-refractivity contribution >= 4 is 5.91 Å². The normalized spacial score (nSPS) is 41.1. The Balaban J connectivity index is 2.13. The molecule has 0 aromatic rings. The zero-order valence-electron chi connectivity index (χ0n) is 8.47. The van der Waals surface area contributed by atoms with Crippen LogP contribution in [0.25, 0.3) is 0 Å². The number of carbonyl (C=O) groups excluding carboxylic acids is 1. The van der Waals surface area contributed by atoms with Crippen LogP contribution in [0.15, 0.2) is 0 Å². The molecular weight excluding hydrogens is 164 g/mol. The van der Waals surface area contributed by atoms with Crippen molar-refractivity contribution in [2.24, 2.45) is 5.92 Å². The third-order valence-corrected chi connectivity index (χ3v) is 3.50. The van der Waals surface area contributed by atoms with Crippen LogP contribution in [0.1, 0.15) is 26.2 Å². The number of piperidine rings is 2. The topological polar surface area (TPSA) is 32.3 Å². The molecule has 1 amide bonds. The second-order valence-electron chi connectivity index (χ2n) is 4.73. The van der Waals surface area contributed by atoms with E-state index in [1.165, 1.54) is 13.0 Å². The van der Waals surface area contributed by atoms with Crippen molar-refractivity contribution in [3.63, 3.8) is 0 Å². The Bertz CT molecular complexity index is 229. The maximum absolute atomic E-state index is 11.3. The fraction of sp³-hybridized carbons (Fsp3) is 0.900. The minimum Gasteiger partial charge on any atom is -0.349 e. The summed E-state index contributed by atoms with van der Waals surface area (Å²) >= 11 is 0. The Morgan fingerprint density at radius 2 is 2.31 bits per heavy atom. The van der Waals surface area contributed by atoms with E-state index in [2.05, 4.69) is 24.2 Å². The highest BCUT2D eigenvalue weighted by Crippen LogP contribution is 2.33. The molecule has 2 saturated heterocycles. The lowest BCUT2D eigenvalue weighted by molar-refractivity contribution is -0.128. The lowest BCUT2D eigenvalue weighted by Gasteiger charge is -2.48. The lowest BCUT2D eigenvalue weighted by Crippen LogP contribution is -2.63. The lowest BCUT2D eigenvalue weighted by atomic mass is 9.74. The minimum absolute atomic E-state index is 0.0440. The maximum Gasteiger partial charge on any atom is 0.220 e. The molecule has 2 atom stereocenters. The van der Waals surface area contributed by atoms with E-state index in [9.17, 15) is 4.79 Å². The molecule has 3 heteroatoms. The zero-order valence-corrected chi connectivity index (χ0v) is 8.47. The van der Waals surface area contributed by atoms with Gasteiger partial charge in [-0.1, -0.05) is 0 Å². The molecule has 2 rings (SSSR count). The van der Waals surface area contributed by atoms with Gasteiger partial charge in [0.2, 0.25) is 5.91 Å². The Hall–Kier alpha value is -0.570. The molecule has 2 aliphatic rings. The quantitative estimate of drug-likeness (QED) is 0.595. The fourth-order valence-electron chi connectivity index (χ4n) is 2.75. The van der Waals surface area contributed by atoms with Crippen molar-refractivity contribution in [3.05, 3.63) is 0 Å². The largest absolute Gasteiger partial charge is 0.349 e. The van der Waals surface area contributed by atoms with Crippen LogP contribution in [0.4, 0.5) is 0 Å². The molecule has 74 valence electrons. The molecular formula is C10H18N2O. The standard InChI is InChI=1S/C10H18N2O/c1-10-7-12(2)6-5-8(10)3-4-9(13)11-10/h8H,3-7H2,1-2H3,(H,11,13). The van der Waals surface area contributed by atoms with Crippen molar-refractivity contribution < 1.29 is 4.79 Å². The first kappa shape index (κ1) is 9.00. The van der Waals surface area contributed by atoms with Crippen molar-refractivity contribution in [1.82, 2.24) is 10.2 Å². The number of hydrogen-bond donors (Lipinski definition) is 1. The molecule has 0 aliphatic carbocycles. The van der Waals surface area contributed by atoms with E-state index in [4.69, 9.17) is 0 Å². The van der Waals surface area contributed by atoms with Gasteiger partial charge in [0.25, 0.3) is 0 Å². The van der Waals surface area contributed by atoms with Gasteiger partial charge < -0.3 is 10.2 Å². The summed E-state index contributed by atoms with van der Waals surface area (Å²) in [7, 11) is 2.13. The minimum atomic E-state index is 0.0440. The third-order valence-electron chi connectivity index (χ3n) is 3.50. The van der Waals surface area contributed by atoms with Crippen molar-refractivity contribution in [2.75, 3.05) is 20.1 Å².